The third-order valence-electron chi connectivity index (χ3n) is 3.80. The van der Waals surface area contributed by atoms with Gasteiger partial charge in [0.25, 0.3) is 0 Å². The molecule has 0 aromatic heterocycles. The third-order valence-corrected chi connectivity index (χ3v) is 3.80. The summed E-state index contributed by atoms with van der Waals surface area (Å²) >= 11 is 0. The SMILES string of the molecule is COc1cc2c(cc1OC)C(CCC#N)N(C)CC2. The lowest BCUT2D eigenvalue weighted by atomic mass is 9.90. The molecule has 4 heteroatoms. The molecule has 0 amide bonds. The van der Waals surface area contributed by atoms with E-state index in [9.17, 15) is 0 Å². The van der Waals surface area contributed by atoms with Crippen LogP contribution in [0.3, 0.4) is 0 Å². The van der Waals surface area contributed by atoms with Gasteiger partial charge in [-0.05, 0) is 43.1 Å². The highest BCUT2D eigenvalue weighted by Gasteiger charge is 2.26. The predicted molar refractivity (Wildman–Crippen MR) is 73.5 cm³/mol. The van der Waals surface area contributed by atoms with E-state index in [1.54, 1.807) is 14.2 Å². The van der Waals surface area contributed by atoms with E-state index < -0.39 is 0 Å². The Hall–Kier alpha value is -1.73. The molecule has 0 spiro atoms. The normalized spacial score (nSPS) is 18.5. The highest BCUT2D eigenvalue weighted by Crippen LogP contribution is 2.39. The highest BCUT2D eigenvalue weighted by atomic mass is 16.5. The van der Waals surface area contributed by atoms with Crippen LogP contribution in [0.4, 0.5) is 0 Å². The first-order chi connectivity index (χ1) is 9.21. The number of rotatable bonds is 4. The van der Waals surface area contributed by atoms with Crippen LogP contribution in [0.1, 0.15) is 30.0 Å². The Balaban J connectivity index is 2.40. The average Bonchev–Trinajstić information content (AvgIpc) is 2.44. The van der Waals surface area contributed by atoms with Gasteiger partial charge in [0, 0.05) is 19.0 Å². The average molecular weight is 260 g/mol. The summed E-state index contributed by atoms with van der Waals surface area (Å²) in [5.41, 5.74) is 2.57. The first-order valence-electron chi connectivity index (χ1n) is 6.53. The number of nitriles is 1. The predicted octanol–water partition coefficient (Wildman–Crippen LogP) is 2.54. The third kappa shape index (κ3) is 2.66. The Morgan fingerprint density at radius 3 is 2.63 bits per heavy atom. The summed E-state index contributed by atoms with van der Waals surface area (Å²) < 4.78 is 10.7. The molecular formula is C15H20N2O2. The zero-order valence-electron chi connectivity index (χ0n) is 11.8. The van der Waals surface area contributed by atoms with Gasteiger partial charge in [-0.25, -0.2) is 0 Å². The fourth-order valence-electron chi connectivity index (χ4n) is 2.73. The van der Waals surface area contributed by atoms with E-state index >= 15 is 0 Å². The van der Waals surface area contributed by atoms with Crippen LogP contribution in [0, 0.1) is 11.3 Å². The summed E-state index contributed by atoms with van der Waals surface area (Å²) in [5.74, 6) is 1.54. The monoisotopic (exact) mass is 260 g/mol. The lowest BCUT2D eigenvalue weighted by molar-refractivity contribution is 0.219. The molecule has 1 atom stereocenters. The lowest BCUT2D eigenvalue weighted by Gasteiger charge is -2.34. The summed E-state index contributed by atoms with van der Waals surface area (Å²) in [7, 11) is 5.43. The number of fused-ring (bicyclic) bond motifs is 1. The van der Waals surface area contributed by atoms with Crippen LogP contribution in [0.2, 0.25) is 0 Å². The van der Waals surface area contributed by atoms with Crippen LogP contribution in [0.15, 0.2) is 12.1 Å². The Labute approximate surface area is 114 Å². The molecule has 0 saturated carbocycles. The Morgan fingerprint density at radius 2 is 2.00 bits per heavy atom. The Morgan fingerprint density at radius 1 is 1.32 bits per heavy atom. The molecule has 1 aliphatic rings. The van der Waals surface area contributed by atoms with E-state index in [2.05, 4.69) is 30.1 Å². The first-order valence-corrected chi connectivity index (χ1v) is 6.53. The van der Waals surface area contributed by atoms with Crippen molar-refractivity contribution >= 4 is 0 Å². The standard InChI is InChI=1S/C15H20N2O2/c1-17-8-6-11-9-14(18-2)15(19-3)10-12(11)13(17)5-4-7-16/h9-10,13H,4-6,8H2,1-3H3. The fraction of sp³-hybridized carbons (Fsp3) is 0.533. The number of ether oxygens (including phenoxy) is 2. The molecule has 19 heavy (non-hydrogen) atoms. The van der Waals surface area contributed by atoms with Gasteiger partial charge in [-0.1, -0.05) is 0 Å². The number of benzene rings is 1. The van der Waals surface area contributed by atoms with Crippen LogP contribution in [-0.4, -0.2) is 32.7 Å². The van der Waals surface area contributed by atoms with Crippen LogP contribution < -0.4 is 9.47 Å². The van der Waals surface area contributed by atoms with Crippen molar-refractivity contribution in [3.05, 3.63) is 23.3 Å². The molecule has 0 saturated heterocycles. The van der Waals surface area contributed by atoms with Crippen molar-refractivity contribution in [1.29, 1.82) is 5.26 Å². The van der Waals surface area contributed by atoms with Gasteiger partial charge in [0.1, 0.15) is 0 Å². The van der Waals surface area contributed by atoms with Crippen molar-refractivity contribution in [2.75, 3.05) is 27.8 Å². The molecule has 0 N–H and O–H groups in total. The van der Waals surface area contributed by atoms with E-state index in [1.165, 1.54) is 11.1 Å². The summed E-state index contributed by atoms with van der Waals surface area (Å²) in [6, 6.07) is 6.66. The van der Waals surface area contributed by atoms with Gasteiger partial charge in [0.2, 0.25) is 0 Å². The van der Waals surface area contributed by atoms with E-state index in [0.29, 0.717) is 12.5 Å². The number of nitrogens with zero attached hydrogens (tertiary/aromatic N) is 2. The minimum absolute atomic E-state index is 0.295. The summed E-state index contributed by atoms with van der Waals surface area (Å²) in [4.78, 5) is 2.31. The van der Waals surface area contributed by atoms with E-state index in [1.807, 2.05) is 0 Å². The molecule has 1 aliphatic heterocycles. The van der Waals surface area contributed by atoms with Crippen LogP contribution in [0.25, 0.3) is 0 Å². The van der Waals surface area contributed by atoms with Gasteiger partial charge < -0.3 is 9.47 Å². The summed E-state index contributed by atoms with van der Waals surface area (Å²) in [5, 5.41) is 8.80. The topological polar surface area (TPSA) is 45.5 Å². The van der Waals surface area contributed by atoms with Gasteiger partial charge in [0.05, 0.1) is 20.3 Å². The second-order valence-electron chi connectivity index (χ2n) is 4.85. The maximum absolute atomic E-state index is 8.80. The van der Waals surface area contributed by atoms with Crippen molar-refractivity contribution in [3.63, 3.8) is 0 Å². The molecule has 1 aromatic rings. The Bertz CT molecular complexity index is 494. The van der Waals surface area contributed by atoms with E-state index in [0.717, 1.165) is 30.9 Å². The smallest absolute Gasteiger partial charge is 0.161 e. The number of likely N-dealkylation sites (N-methyl/N-ethyl adjacent to an activating group) is 1. The molecule has 2 rings (SSSR count). The molecule has 4 nitrogen and oxygen atoms in total. The molecular weight excluding hydrogens is 240 g/mol. The van der Waals surface area contributed by atoms with Gasteiger partial charge >= 0.3 is 0 Å². The molecule has 0 fully saturated rings. The lowest BCUT2D eigenvalue weighted by Crippen LogP contribution is -2.32. The quantitative estimate of drug-likeness (QED) is 0.834. The van der Waals surface area contributed by atoms with Gasteiger partial charge in [0.15, 0.2) is 11.5 Å². The summed E-state index contributed by atoms with van der Waals surface area (Å²) in [6.07, 6.45) is 2.44. The largest absolute Gasteiger partial charge is 0.493 e. The van der Waals surface area contributed by atoms with E-state index in [4.69, 9.17) is 14.7 Å². The van der Waals surface area contributed by atoms with Crippen molar-refractivity contribution < 1.29 is 9.47 Å². The second-order valence-corrected chi connectivity index (χ2v) is 4.85. The minimum Gasteiger partial charge on any atom is -0.493 e. The van der Waals surface area contributed by atoms with E-state index in [-0.39, 0.29) is 0 Å². The minimum atomic E-state index is 0.295. The molecule has 0 bridgehead atoms. The fourth-order valence-corrected chi connectivity index (χ4v) is 2.73. The zero-order valence-corrected chi connectivity index (χ0v) is 11.8. The molecule has 0 aliphatic carbocycles. The number of hydrogen-bond donors (Lipinski definition) is 0. The van der Waals surface area contributed by atoms with Crippen molar-refractivity contribution in [1.82, 2.24) is 4.90 Å². The molecule has 1 aromatic carbocycles. The van der Waals surface area contributed by atoms with Crippen LogP contribution >= 0.6 is 0 Å². The molecule has 102 valence electrons. The molecule has 1 heterocycles. The second kappa shape index (κ2) is 5.94. The van der Waals surface area contributed by atoms with Crippen molar-refractivity contribution in [3.8, 4) is 17.6 Å². The van der Waals surface area contributed by atoms with Crippen molar-refractivity contribution in [2.45, 2.75) is 25.3 Å². The van der Waals surface area contributed by atoms with Crippen LogP contribution in [0.5, 0.6) is 11.5 Å². The summed E-state index contributed by atoms with van der Waals surface area (Å²) in [6.45, 7) is 1.01. The molecule has 1 unspecified atom stereocenters. The van der Waals surface area contributed by atoms with Gasteiger partial charge in [-0.2, -0.15) is 5.26 Å². The maximum atomic E-state index is 8.80. The van der Waals surface area contributed by atoms with Crippen LogP contribution in [-0.2, 0) is 6.42 Å². The maximum Gasteiger partial charge on any atom is 0.161 e. The van der Waals surface area contributed by atoms with Gasteiger partial charge in [-0.3, -0.25) is 4.90 Å². The van der Waals surface area contributed by atoms with Gasteiger partial charge in [-0.15, -0.1) is 0 Å². The number of methoxy groups -OCH3 is 2. The Kier molecular flexibility index (Phi) is 4.28. The van der Waals surface area contributed by atoms with Crippen molar-refractivity contribution in [2.24, 2.45) is 0 Å². The first kappa shape index (κ1) is 13.7. The zero-order chi connectivity index (χ0) is 13.8. The molecule has 0 radical (unpaired) electrons. The highest BCUT2D eigenvalue weighted by molar-refractivity contribution is 5.49. The number of hydrogen-bond acceptors (Lipinski definition) is 4.